The van der Waals surface area contributed by atoms with Gasteiger partial charge in [0.05, 0.1) is 13.2 Å². The van der Waals surface area contributed by atoms with Gasteiger partial charge in [-0.25, -0.2) is 4.98 Å². The molecule has 128 valence electrons. The summed E-state index contributed by atoms with van der Waals surface area (Å²) in [6.07, 6.45) is 3.00. The van der Waals surface area contributed by atoms with Gasteiger partial charge < -0.3 is 10.1 Å². The fourth-order valence-corrected chi connectivity index (χ4v) is 2.85. The van der Waals surface area contributed by atoms with Crippen LogP contribution in [0.3, 0.4) is 0 Å². The molecule has 7 nitrogen and oxygen atoms in total. The summed E-state index contributed by atoms with van der Waals surface area (Å²) in [6, 6.07) is 3.57. The lowest BCUT2D eigenvalue weighted by atomic mass is 10.2. The van der Waals surface area contributed by atoms with Crippen LogP contribution in [0.5, 0.6) is 0 Å². The van der Waals surface area contributed by atoms with Gasteiger partial charge >= 0.3 is 0 Å². The molecule has 1 N–H and O–H groups in total. The number of pyridine rings is 1. The molecule has 7 heteroatoms. The van der Waals surface area contributed by atoms with Crippen molar-refractivity contribution < 1.29 is 9.53 Å². The van der Waals surface area contributed by atoms with Crippen LogP contribution in [0.15, 0.2) is 29.3 Å². The van der Waals surface area contributed by atoms with E-state index < -0.39 is 0 Å². The Bertz CT molecular complexity index is 796. The number of morpholine rings is 1. The molecule has 0 aromatic carbocycles. The lowest BCUT2D eigenvalue weighted by Crippen LogP contribution is -2.46. The number of carbonyl (C=O) groups excluding carboxylic acids is 1. The van der Waals surface area contributed by atoms with E-state index in [0.29, 0.717) is 5.65 Å². The summed E-state index contributed by atoms with van der Waals surface area (Å²) in [7, 11) is 0. The van der Waals surface area contributed by atoms with Crippen LogP contribution in [-0.2, 0) is 4.74 Å². The van der Waals surface area contributed by atoms with E-state index in [-0.39, 0.29) is 23.1 Å². The van der Waals surface area contributed by atoms with Gasteiger partial charge in [-0.2, -0.15) is 0 Å². The third-order valence-corrected chi connectivity index (χ3v) is 4.12. The lowest BCUT2D eigenvalue weighted by Gasteiger charge is -2.29. The number of nitrogens with one attached hydrogen (secondary N) is 1. The molecule has 0 unspecified atom stereocenters. The van der Waals surface area contributed by atoms with Gasteiger partial charge in [0.1, 0.15) is 11.2 Å². The fourth-order valence-electron chi connectivity index (χ4n) is 2.85. The van der Waals surface area contributed by atoms with Crippen molar-refractivity contribution in [1.82, 2.24) is 19.6 Å². The molecule has 0 spiro atoms. The van der Waals surface area contributed by atoms with Crippen molar-refractivity contribution in [2.24, 2.45) is 0 Å². The fraction of sp³-hybridized carbons (Fsp3) is 0.471. The predicted octanol–water partition coefficient (Wildman–Crippen LogP) is 0.453. The van der Waals surface area contributed by atoms with Gasteiger partial charge in [-0.05, 0) is 31.5 Å². The number of ether oxygens (including phenoxy) is 1. The quantitative estimate of drug-likeness (QED) is 0.881. The molecule has 1 saturated heterocycles. The van der Waals surface area contributed by atoms with Gasteiger partial charge in [0.15, 0.2) is 0 Å². The number of rotatable bonds is 4. The summed E-state index contributed by atoms with van der Waals surface area (Å²) < 4.78 is 6.71. The zero-order valence-electron chi connectivity index (χ0n) is 14.0. The van der Waals surface area contributed by atoms with Gasteiger partial charge in [0.25, 0.3) is 11.5 Å². The SMILES string of the molecule is Cc1ccn2c(=O)c(C(=O)N[C@@H](C)CN3CCOCC3)cnc2c1. The number of fused-ring (bicyclic) bond motifs is 1. The van der Waals surface area contributed by atoms with Crippen LogP contribution in [0.1, 0.15) is 22.8 Å². The molecule has 0 bridgehead atoms. The van der Waals surface area contributed by atoms with Crippen LogP contribution < -0.4 is 10.9 Å². The predicted molar refractivity (Wildman–Crippen MR) is 90.4 cm³/mol. The van der Waals surface area contributed by atoms with Crippen LogP contribution in [-0.4, -0.2) is 59.1 Å². The molecular weight excluding hydrogens is 308 g/mol. The first kappa shape index (κ1) is 16.6. The van der Waals surface area contributed by atoms with Crippen LogP contribution in [0.2, 0.25) is 0 Å². The van der Waals surface area contributed by atoms with Gasteiger partial charge in [-0.1, -0.05) is 0 Å². The Morgan fingerprint density at radius 1 is 1.42 bits per heavy atom. The van der Waals surface area contributed by atoms with E-state index in [0.717, 1.165) is 38.4 Å². The second-order valence-corrected chi connectivity index (χ2v) is 6.20. The number of carbonyl (C=O) groups is 1. The highest BCUT2D eigenvalue weighted by molar-refractivity contribution is 5.93. The Labute approximate surface area is 140 Å². The van der Waals surface area contributed by atoms with Crippen molar-refractivity contribution in [3.8, 4) is 0 Å². The van der Waals surface area contributed by atoms with Gasteiger partial charge in [0.2, 0.25) is 0 Å². The largest absolute Gasteiger partial charge is 0.379 e. The van der Waals surface area contributed by atoms with Crippen LogP contribution in [0, 0.1) is 6.92 Å². The Balaban J connectivity index is 1.72. The second-order valence-electron chi connectivity index (χ2n) is 6.20. The van der Waals surface area contributed by atoms with E-state index in [1.807, 2.05) is 26.0 Å². The third-order valence-electron chi connectivity index (χ3n) is 4.12. The molecule has 0 radical (unpaired) electrons. The molecule has 3 heterocycles. The number of hydrogen-bond acceptors (Lipinski definition) is 5. The smallest absolute Gasteiger partial charge is 0.270 e. The summed E-state index contributed by atoms with van der Waals surface area (Å²) in [5.41, 5.74) is 1.26. The van der Waals surface area contributed by atoms with Crippen molar-refractivity contribution in [3.63, 3.8) is 0 Å². The van der Waals surface area contributed by atoms with Crippen molar-refractivity contribution in [2.45, 2.75) is 19.9 Å². The number of aryl methyl sites for hydroxylation is 1. The minimum atomic E-state index is -0.386. The molecule has 1 aliphatic rings. The number of nitrogens with zero attached hydrogens (tertiary/aromatic N) is 3. The molecule has 2 aromatic rings. The molecule has 1 fully saturated rings. The van der Waals surface area contributed by atoms with Crippen LogP contribution in [0.25, 0.3) is 5.65 Å². The molecule has 24 heavy (non-hydrogen) atoms. The van der Waals surface area contributed by atoms with E-state index in [4.69, 9.17) is 4.74 Å². The van der Waals surface area contributed by atoms with Gasteiger partial charge in [-0.15, -0.1) is 0 Å². The van der Waals surface area contributed by atoms with Gasteiger partial charge in [-0.3, -0.25) is 18.9 Å². The summed E-state index contributed by atoms with van der Waals surface area (Å²) >= 11 is 0. The maximum atomic E-state index is 12.5. The maximum absolute atomic E-state index is 12.5. The number of amides is 1. The van der Waals surface area contributed by atoms with Crippen LogP contribution in [0.4, 0.5) is 0 Å². The van der Waals surface area contributed by atoms with E-state index in [1.54, 1.807) is 6.20 Å². The Morgan fingerprint density at radius 2 is 2.17 bits per heavy atom. The molecule has 1 amide bonds. The number of aromatic nitrogens is 2. The third kappa shape index (κ3) is 3.63. The highest BCUT2D eigenvalue weighted by Gasteiger charge is 2.18. The zero-order chi connectivity index (χ0) is 17.1. The average Bonchev–Trinajstić information content (AvgIpc) is 2.55. The summed E-state index contributed by atoms with van der Waals surface area (Å²) in [6.45, 7) is 7.76. The minimum Gasteiger partial charge on any atom is -0.379 e. The summed E-state index contributed by atoms with van der Waals surface area (Å²) in [4.78, 5) is 31.4. The normalized spacial score (nSPS) is 16.9. The Kier molecular flexibility index (Phi) is 4.92. The van der Waals surface area contributed by atoms with E-state index in [1.165, 1.54) is 10.6 Å². The first-order valence-electron chi connectivity index (χ1n) is 8.13. The van der Waals surface area contributed by atoms with Gasteiger partial charge in [0, 0.05) is 38.1 Å². The minimum absolute atomic E-state index is 0.0604. The Morgan fingerprint density at radius 3 is 2.92 bits per heavy atom. The first-order valence-corrected chi connectivity index (χ1v) is 8.13. The number of hydrogen-bond donors (Lipinski definition) is 1. The second kappa shape index (κ2) is 7.11. The molecule has 1 atom stereocenters. The lowest BCUT2D eigenvalue weighted by molar-refractivity contribution is 0.0342. The van der Waals surface area contributed by atoms with Crippen LogP contribution >= 0.6 is 0 Å². The van der Waals surface area contributed by atoms with Crippen molar-refractivity contribution >= 4 is 11.6 Å². The van der Waals surface area contributed by atoms with Crippen molar-refractivity contribution in [3.05, 3.63) is 46.0 Å². The van der Waals surface area contributed by atoms with Crippen molar-refractivity contribution in [2.75, 3.05) is 32.8 Å². The molecule has 0 aliphatic carbocycles. The highest BCUT2D eigenvalue weighted by atomic mass is 16.5. The summed E-state index contributed by atoms with van der Waals surface area (Å²) in [5, 5.41) is 2.89. The zero-order valence-corrected chi connectivity index (χ0v) is 14.0. The standard InChI is InChI=1S/C17H22N4O3/c1-12-3-4-21-15(9-12)18-10-14(17(21)23)16(22)19-13(2)11-20-5-7-24-8-6-20/h3-4,9-10,13H,5-8,11H2,1-2H3,(H,19,22)/t13-/m0/s1. The topological polar surface area (TPSA) is 75.9 Å². The highest BCUT2D eigenvalue weighted by Crippen LogP contribution is 2.03. The van der Waals surface area contributed by atoms with E-state index in [2.05, 4.69) is 15.2 Å². The molecule has 0 saturated carbocycles. The van der Waals surface area contributed by atoms with Crippen molar-refractivity contribution in [1.29, 1.82) is 0 Å². The molecule has 2 aromatic heterocycles. The Hall–Kier alpha value is -2.25. The van der Waals surface area contributed by atoms with E-state index in [9.17, 15) is 9.59 Å². The monoisotopic (exact) mass is 330 g/mol. The molecule has 1 aliphatic heterocycles. The first-order chi connectivity index (χ1) is 11.5. The molecule has 3 rings (SSSR count). The summed E-state index contributed by atoms with van der Waals surface area (Å²) in [5.74, 6) is -0.386. The average molecular weight is 330 g/mol. The van der Waals surface area contributed by atoms with E-state index >= 15 is 0 Å². The molecular formula is C17H22N4O3. The maximum Gasteiger partial charge on any atom is 0.270 e.